The van der Waals surface area contributed by atoms with E-state index >= 15 is 0 Å². The molecule has 2 unspecified atom stereocenters. The summed E-state index contributed by atoms with van der Waals surface area (Å²) in [4.78, 5) is 2.72. The van der Waals surface area contributed by atoms with Crippen LogP contribution in [0, 0.1) is 5.41 Å². The molecule has 0 amide bonds. The highest BCUT2D eigenvalue weighted by Gasteiger charge is 2.44. The van der Waals surface area contributed by atoms with Gasteiger partial charge in [-0.3, -0.25) is 4.90 Å². The molecule has 110 valence electrons. The molecule has 0 radical (unpaired) electrons. The van der Waals surface area contributed by atoms with E-state index in [1.54, 1.807) is 0 Å². The van der Waals surface area contributed by atoms with Crippen LogP contribution in [-0.4, -0.2) is 42.8 Å². The van der Waals surface area contributed by atoms with E-state index in [1.165, 1.54) is 51.6 Å². The van der Waals surface area contributed by atoms with Gasteiger partial charge < -0.3 is 10.5 Å². The van der Waals surface area contributed by atoms with E-state index in [1.807, 2.05) is 0 Å². The first-order chi connectivity index (χ1) is 9.18. The number of nitrogens with two attached hydrogens (primary N) is 1. The predicted molar refractivity (Wildman–Crippen MR) is 78.1 cm³/mol. The Hall–Kier alpha value is -0.120. The summed E-state index contributed by atoms with van der Waals surface area (Å²) >= 11 is 0. The summed E-state index contributed by atoms with van der Waals surface area (Å²) < 4.78 is 5.74. The molecule has 0 bridgehead atoms. The summed E-state index contributed by atoms with van der Waals surface area (Å²) in [6.45, 7) is 6.42. The van der Waals surface area contributed by atoms with Crippen molar-refractivity contribution < 1.29 is 4.74 Å². The van der Waals surface area contributed by atoms with Crippen molar-refractivity contribution in [3.8, 4) is 0 Å². The third-order valence-corrected chi connectivity index (χ3v) is 6.18. The van der Waals surface area contributed by atoms with Gasteiger partial charge in [0.1, 0.15) is 0 Å². The highest BCUT2D eigenvalue weighted by Crippen LogP contribution is 2.47. The van der Waals surface area contributed by atoms with Gasteiger partial charge in [-0.15, -0.1) is 0 Å². The van der Waals surface area contributed by atoms with Crippen molar-refractivity contribution in [3.63, 3.8) is 0 Å². The van der Waals surface area contributed by atoms with Crippen molar-refractivity contribution in [1.82, 2.24) is 4.90 Å². The summed E-state index contributed by atoms with van der Waals surface area (Å²) in [5, 5.41) is 0. The quantitative estimate of drug-likeness (QED) is 0.835. The second-order valence-corrected chi connectivity index (χ2v) is 7.26. The number of hydrogen-bond acceptors (Lipinski definition) is 3. The monoisotopic (exact) mass is 266 g/mol. The summed E-state index contributed by atoms with van der Waals surface area (Å²) in [7, 11) is 0. The number of rotatable bonds is 2. The SMILES string of the molecule is CC1CC(CN)(N2CCC3(CCCC3)CC2)CCO1. The van der Waals surface area contributed by atoms with Gasteiger partial charge in [0.05, 0.1) is 6.10 Å². The Labute approximate surface area is 117 Å². The third-order valence-electron chi connectivity index (χ3n) is 6.18. The average molecular weight is 266 g/mol. The minimum Gasteiger partial charge on any atom is -0.378 e. The number of piperidine rings is 1. The second-order valence-electron chi connectivity index (χ2n) is 7.26. The Morgan fingerprint density at radius 3 is 2.37 bits per heavy atom. The van der Waals surface area contributed by atoms with Gasteiger partial charge in [-0.1, -0.05) is 12.8 Å². The van der Waals surface area contributed by atoms with Gasteiger partial charge in [0, 0.05) is 18.7 Å². The minimum atomic E-state index is 0.234. The summed E-state index contributed by atoms with van der Waals surface area (Å²) in [5.41, 5.74) is 7.12. The van der Waals surface area contributed by atoms with Crippen molar-refractivity contribution in [2.24, 2.45) is 11.1 Å². The Kier molecular flexibility index (Phi) is 3.89. The fraction of sp³-hybridized carbons (Fsp3) is 1.00. The molecule has 3 heteroatoms. The first-order valence-corrected chi connectivity index (χ1v) is 8.25. The summed E-state index contributed by atoms with van der Waals surface area (Å²) in [6.07, 6.45) is 11.3. The van der Waals surface area contributed by atoms with Crippen molar-refractivity contribution in [1.29, 1.82) is 0 Å². The van der Waals surface area contributed by atoms with Gasteiger partial charge in [-0.25, -0.2) is 0 Å². The maximum absolute atomic E-state index is 6.18. The second kappa shape index (κ2) is 5.34. The number of ether oxygens (including phenoxy) is 1. The summed E-state index contributed by atoms with van der Waals surface area (Å²) in [6, 6.07) is 0. The molecule has 3 nitrogen and oxygen atoms in total. The lowest BCUT2D eigenvalue weighted by atomic mass is 9.74. The van der Waals surface area contributed by atoms with Crippen LogP contribution >= 0.6 is 0 Å². The lowest BCUT2D eigenvalue weighted by Crippen LogP contribution is -2.60. The lowest BCUT2D eigenvalue weighted by molar-refractivity contribution is -0.0793. The van der Waals surface area contributed by atoms with Gasteiger partial charge in [0.25, 0.3) is 0 Å². The molecule has 0 aromatic rings. The van der Waals surface area contributed by atoms with E-state index in [-0.39, 0.29) is 5.54 Å². The van der Waals surface area contributed by atoms with Crippen molar-refractivity contribution in [2.75, 3.05) is 26.2 Å². The highest BCUT2D eigenvalue weighted by molar-refractivity contribution is 5.00. The predicted octanol–water partition coefficient (Wildman–Crippen LogP) is 2.54. The largest absolute Gasteiger partial charge is 0.378 e. The molecule has 2 heterocycles. The van der Waals surface area contributed by atoms with Gasteiger partial charge in [-0.2, -0.15) is 0 Å². The number of nitrogens with zero attached hydrogens (tertiary/aromatic N) is 1. The van der Waals surface area contributed by atoms with Crippen LogP contribution < -0.4 is 5.73 Å². The topological polar surface area (TPSA) is 38.5 Å². The minimum absolute atomic E-state index is 0.234. The smallest absolute Gasteiger partial charge is 0.0565 e. The molecule has 1 spiro atoms. The lowest BCUT2D eigenvalue weighted by Gasteiger charge is -2.52. The van der Waals surface area contributed by atoms with E-state index in [0.717, 1.165) is 26.0 Å². The van der Waals surface area contributed by atoms with Crippen LogP contribution in [0.15, 0.2) is 0 Å². The van der Waals surface area contributed by atoms with Crippen LogP contribution in [0.1, 0.15) is 58.3 Å². The molecule has 2 saturated heterocycles. The molecule has 3 rings (SSSR count). The van der Waals surface area contributed by atoms with Crippen molar-refractivity contribution >= 4 is 0 Å². The molecular formula is C16H30N2O. The first kappa shape index (κ1) is 13.8. The fourth-order valence-electron chi connectivity index (χ4n) is 4.83. The number of likely N-dealkylation sites (tertiary alicyclic amines) is 1. The summed E-state index contributed by atoms with van der Waals surface area (Å²) in [5.74, 6) is 0. The molecule has 1 aliphatic carbocycles. The zero-order chi connectivity index (χ0) is 13.3. The van der Waals surface area contributed by atoms with Crippen molar-refractivity contribution in [3.05, 3.63) is 0 Å². The molecule has 0 aromatic heterocycles. The first-order valence-electron chi connectivity index (χ1n) is 8.25. The van der Waals surface area contributed by atoms with Gasteiger partial charge in [0.2, 0.25) is 0 Å². The normalized spacial score (nSPS) is 39.8. The van der Waals surface area contributed by atoms with E-state index in [9.17, 15) is 0 Å². The van der Waals surface area contributed by atoms with E-state index in [2.05, 4.69) is 11.8 Å². The van der Waals surface area contributed by atoms with Crippen LogP contribution in [0.4, 0.5) is 0 Å². The Balaban J connectivity index is 1.65. The zero-order valence-corrected chi connectivity index (χ0v) is 12.5. The molecular weight excluding hydrogens is 236 g/mol. The Bertz CT molecular complexity index is 304. The van der Waals surface area contributed by atoms with Crippen LogP contribution in [0.5, 0.6) is 0 Å². The molecule has 1 saturated carbocycles. The van der Waals surface area contributed by atoms with Gasteiger partial charge >= 0.3 is 0 Å². The maximum atomic E-state index is 6.18. The van der Waals surface area contributed by atoms with Crippen LogP contribution in [0.3, 0.4) is 0 Å². The molecule has 2 aliphatic heterocycles. The van der Waals surface area contributed by atoms with E-state index in [0.29, 0.717) is 11.5 Å². The Morgan fingerprint density at radius 1 is 1.11 bits per heavy atom. The van der Waals surface area contributed by atoms with Gasteiger partial charge in [0.15, 0.2) is 0 Å². The fourth-order valence-corrected chi connectivity index (χ4v) is 4.83. The number of hydrogen-bond donors (Lipinski definition) is 1. The molecule has 19 heavy (non-hydrogen) atoms. The van der Waals surface area contributed by atoms with E-state index in [4.69, 9.17) is 10.5 Å². The molecule has 2 N–H and O–H groups in total. The van der Waals surface area contributed by atoms with E-state index < -0.39 is 0 Å². The Morgan fingerprint density at radius 2 is 1.79 bits per heavy atom. The molecule has 0 aromatic carbocycles. The molecule has 2 atom stereocenters. The zero-order valence-electron chi connectivity index (χ0n) is 12.5. The molecule has 3 fully saturated rings. The third kappa shape index (κ3) is 2.57. The maximum Gasteiger partial charge on any atom is 0.0565 e. The van der Waals surface area contributed by atoms with Crippen molar-refractivity contribution in [2.45, 2.75) is 69.9 Å². The molecule has 3 aliphatic rings. The van der Waals surface area contributed by atoms with Crippen LogP contribution in [-0.2, 0) is 4.74 Å². The highest BCUT2D eigenvalue weighted by atomic mass is 16.5. The van der Waals surface area contributed by atoms with Gasteiger partial charge in [-0.05, 0) is 64.0 Å². The average Bonchev–Trinajstić information content (AvgIpc) is 2.88. The standard InChI is InChI=1S/C16H30N2O/c1-14-12-16(13-17,8-11-19-14)18-9-6-15(7-10-18)4-2-3-5-15/h14H,2-13,17H2,1H3. The van der Waals surface area contributed by atoms with Crippen LogP contribution in [0.25, 0.3) is 0 Å². The van der Waals surface area contributed by atoms with Crippen LogP contribution in [0.2, 0.25) is 0 Å².